The Morgan fingerprint density at radius 1 is 0.951 bits per heavy atom. The Bertz CT molecular complexity index is 1370. The van der Waals surface area contributed by atoms with E-state index in [9.17, 15) is 22.4 Å². The number of nitrogens with zero attached hydrogens (tertiary/aromatic N) is 2. The zero-order valence-corrected chi connectivity index (χ0v) is 24.6. The number of amides is 2. The van der Waals surface area contributed by atoms with E-state index in [1.165, 1.54) is 41.3 Å². The fraction of sp³-hybridized carbons (Fsp3) is 0.355. The topological polar surface area (TPSA) is 96.0 Å². The van der Waals surface area contributed by atoms with Gasteiger partial charge in [-0.1, -0.05) is 43.7 Å². The minimum atomic E-state index is -4.25. The molecule has 41 heavy (non-hydrogen) atoms. The minimum absolute atomic E-state index is 0.0562. The number of ether oxygens (including phenoxy) is 1. The Balaban J connectivity index is 1.94. The first-order chi connectivity index (χ1) is 19.7. The molecule has 0 fully saturated rings. The van der Waals surface area contributed by atoms with Gasteiger partial charge in [0.2, 0.25) is 11.8 Å². The van der Waals surface area contributed by atoms with Gasteiger partial charge < -0.3 is 15.0 Å². The van der Waals surface area contributed by atoms with Gasteiger partial charge in [-0.15, -0.1) is 0 Å². The molecule has 3 aromatic carbocycles. The summed E-state index contributed by atoms with van der Waals surface area (Å²) in [5, 5.41) is 2.86. The summed E-state index contributed by atoms with van der Waals surface area (Å²) < 4.78 is 47.8. The molecule has 0 saturated carbocycles. The zero-order chi connectivity index (χ0) is 29.8. The van der Waals surface area contributed by atoms with Crippen molar-refractivity contribution in [3.8, 4) is 5.75 Å². The average Bonchev–Trinajstić information content (AvgIpc) is 2.97. The van der Waals surface area contributed by atoms with Crippen molar-refractivity contribution in [3.05, 3.63) is 90.2 Å². The van der Waals surface area contributed by atoms with Crippen molar-refractivity contribution in [2.45, 2.75) is 51.0 Å². The van der Waals surface area contributed by atoms with E-state index in [0.717, 1.165) is 34.8 Å². The quantitative estimate of drug-likeness (QED) is 0.260. The van der Waals surface area contributed by atoms with Crippen molar-refractivity contribution in [1.82, 2.24) is 10.2 Å². The summed E-state index contributed by atoms with van der Waals surface area (Å²) in [6.07, 6.45) is 2.18. The van der Waals surface area contributed by atoms with Crippen LogP contribution < -0.4 is 14.4 Å². The highest BCUT2D eigenvalue weighted by Crippen LogP contribution is 2.26. The van der Waals surface area contributed by atoms with E-state index in [1.807, 2.05) is 44.2 Å². The number of hydrogen-bond acceptors (Lipinski definition) is 5. The van der Waals surface area contributed by atoms with E-state index in [0.29, 0.717) is 25.3 Å². The molecule has 0 bridgehead atoms. The third-order valence-corrected chi connectivity index (χ3v) is 8.39. The highest BCUT2D eigenvalue weighted by atomic mass is 32.2. The smallest absolute Gasteiger partial charge is 0.264 e. The van der Waals surface area contributed by atoms with Crippen LogP contribution in [-0.4, -0.2) is 57.4 Å². The Labute approximate surface area is 242 Å². The van der Waals surface area contributed by atoms with E-state index in [1.54, 1.807) is 6.92 Å². The third-order valence-electron chi connectivity index (χ3n) is 6.60. The Morgan fingerprint density at radius 2 is 1.61 bits per heavy atom. The van der Waals surface area contributed by atoms with E-state index < -0.39 is 34.3 Å². The molecule has 0 radical (unpaired) electrons. The fourth-order valence-corrected chi connectivity index (χ4v) is 5.66. The maximum atomic E-state index is 13.9. The zero-order valence-electron chi connectivity index (χ0n) is 23.8. The number of carbonyl (C=O) groups excluding carboxylic acids is 2. The number of hydrogen-bond donors (Lipinski definition) is 1. The summed E-state index contributed by atoms with van der Waals surface area (Å²) in [6.45, 7) is 5.99. The van der Waals surface area contributed by atoms with Gasteiger partial charge in [-0.3, -0.25) is 13.9 Å². The molecule has 0 aliphatic carbocycles. The molecule has 220 valence electrons. The van der Waals surface area contributed by atoms with Gasteiger partial charge in [0.1, 0.15) is 24.2 Å². The van der Waals surface area contributed by atoms with Crippen LogP contribution in [0.3, 0.4) is 0 Å². The summed E-state index contributed by atoms with van der Waals surface area (Å²) in [5.41, 5.74) is 1.10. The molecule has 0 heterocycles. The maximum absolute atomic E-state index is 13.9. The standard InChI is InChI=1S/C31H38FN3O5S/c1-4-6-21-33-31(37)24(3)34(22-20-25-10-8-7-9-11-25)30(36)23-35(27-14-12-26(32)13-15-27)41(38,39)29-18-16-28(17-19-29)40-5-2/h7-19,24H,4-6,20-23H2,1-3H3,(H,33,37). The number of halogens is 1. The Morgan fingerprint density at radius 3 is 2.22 bits per heavy atom. The van der Waals surface area contributed by atoms with Gasteiger partial charge in [0.05, 0.1) is 17.2 Å². The van der Waals surface area contributed by atoms with Crippen molar-refractivity contribution in [2.24, 2.45) is 0 Å². The second kappa shape index (κ2) is 15.2. The van der Waals surface area contributed by atoms with Crippen molar-refractivity contribution >= 4 is 27.5 Å². The van der Waals surface area contributed by atoms with Crippen LogP contribution in [0.1, 0.15) is 39.2 Å². The molecular formula is C31H38FN3O5S. The Kier molecular flexibility index (Phi) is 11.7. The van der Waals surface area contributed by atoms with E-state index in [-0.39, 0.29) is 23.0 Å². The lowest BCUT2D eigenvalue weighted by Gasteiger charge is -2.32. The molecule has 0 spiro atoms. The molecule has 2 amide bonds. The lowest BCUT2D eigenvalue weighted by atomic mass is 10.1. The summed E-state index contributed by atoms with van der Waals surface area (Å²) in [6, 6.07) is 19.5. The molecule has 1 N–H and O–H groups in total. The second-order valence-corrected chi connectivity index (χ2v) is 11.4. The number of nitrogens with one attached hydrogen (secondary N) is 1. The van der Waals surface area contributed by atoms with Crippen molar-refractivity contribution in [2.75, 3.05) is 30.5 Å². The molecule has 0 saturated heterocycles. The van der Waals surface area contributed by atoms with Crippen LogP contribution >= 0.6 is 0 Å². The van der Waals surface area contributed by atoms with Gasteiger partial charge >= 0.3 is 0 Å². The number of sulfonamides is 1. The first-order valence-electron chi connectivity index (χ1n) is 13.8. The molecular weight excluding hydrogens is 545 g/mol. The van der Waals surface area contributed by atoms with Crippen LogP contribution in [0.25, 0.3) is 0 Å². The number of rotatable bonds is 15. The molecule has 8 nitrogen and oxygen atoms in total. The van der Waals surface area contributed by atoms with Gasteiger partial charge in [-0.2, -0.15) is 0 Å². The molecule has 0 aliphatic rings. The van der Waals surface area contributed by atoms with Crippen molar-refractivity contribution < 1.29 is 27.1 Å². The van der Waals surface area contributed by atoms with Gasteiger partial charge in [-0.25, -0.2) is 12.8 Å². The van der Waals surface area contributed by atoms with Gasteiger partial charge in [0, 0.05) is 13.1 Å². The molecule has 0 aromatic heterocycles. The molecule has 0 aliphatic heterocycles. The molecule has 1 atom stereocenters. The molecule has 3 rings (SSSR count). The van der Waals surface area contributed by atoms with Crippen LogP contribution in [0.4, 0.5) is 10.1 Å². The highest BCUT2D eigenvalue weighted by Gasteiger charge is 2.32. The summed E-state index contributed by atoms with van der Waals surface area (Å²) in [5.74, 6) is -0.910. The van der Waals surface area contributed by atoms with Gasteiger partial charge in [0.25, 0.3) is 10.0 Å². The van der Waals surface area contributed by atoms with Crippen LogP contribution in [0, 0.1) is 5.82 Å². The van der Waals surface area contributed by atoms with Crippen LogP contribution in [-0.2, 0) is 26.0 Å². The average molecular weight is 584 g/mol. The fourth-order valence-electron chi connectivity index (χ4n) is 4.24. The predicted octanol–water partition coefficient (Wildman–Crippen LogP) is 4.80. The normalized spacial score (nSPS) is 11.9. The SMILES string of the molecule is CCCCNC(=O)C(C)N(CCc1ccccc1)C(=O)CN(c1ccc(F)cc1)S(=O)(=O)c1ccc(OCC)cc1. The monoisotopic (exact) mass is 583 g/mol. The number of carbonyl (C=O) groups is 2. The molecule has 10 heteroatoms. The van der Waals surface area contributed by atoms with Crippen molar-refractivity contribution in [1.29, 1.82) is 0 Å². The van der Waals surface area contributed by atoms with E-state index in [2.05, 4.69) is 5.32 Å². The summed E-state index contributed by atoms with van der Waals surface area (Å²) >= 11 is 0. The van der Waals surface area contributed by atoms with Crippen LogP contribution in [0.2, 0.25) is 0 Å². The predicted molar refractivity (Wildman–Crippen MR) is 158 cm³/mol. The number of anilines is 1. The largest absolute Gasteiger partial charge is 0.494 e. The highest BCUT2D eigenvalue weighted by molar-refractivity contribution is 7.92. The lowest BCUT2D eigenvalue weighted by molar-refractivity contribution is -0.138. The van der Waals surface area contributed by atoms with Gasteiger partial charge in [0.15, 0.2) is 0 Å². The number of unbranched alkanes of at least 4 members (excludes halogenated alkanes) is 1. The second-order valence-electron chi connectivity index (χ2n) is 9.54. The number of benzene rings is 3. The van der Waals surface area contributed by atoms with E-state index in [4.69, 9.17) is 4.74 Å². The summed E-state index contributed by atoms with van der Waals surface area (Å²) in [4.78, 5) is 28.2. The third kappa shape index (κ3) is 8.78. The van der Waals surface area contributed by atoms with Crippen LogP contribution in [0.5, 0.6) is 5.75 Å². The van der Waals surface area contributed by atoms with Crippen LogP contribution in [0.15, 0.2) is 83.8 Å². The molecule has 3 aromatic rings. The summed E-state index contributed by atoms with van der Waals surface area (Å²) in [7, 11) is -4.25. The maximum Gasteiger partial charge on any atom is 0.264 e. The van der Waals surface area contributed by atoms with Gasteiger partial charge in [-0.05, 0) is 80.8 Å². The van der Waals surface area contributed by atoms with E-state index >= 15 is 0 Å². The molecule has 1 unspecified atom stereocenters. The first kappa shape index (κ1) is 31.6. The van der Waals surface area contributed by atoms with Crippen molar-refractivity contribution in [3.63, 3.8) is 0 Å². The Hall–Kier alpha value is -3.92. The first-order valence-corrected chi connectivity index (χ1v) is 15.2. The lowest BCUT2D eigenvalue weighted by Crippen LogP contribution is -2.52. The minimum Gasteiger partial charge on any atom is -0.494 e.